The van der Waals surface area contributed by atoms with Gasteiger partial charge in [-0.2, -0.15) is 0 Å². The molecule has 0 heterocycles. The van der Waals surface area contributed by atoms with E-state index in [1.54, 1.807) is 0 Å². The van der Waals surface area contributed by atoms with Crippen molar-refractivity contribution < 1.29 is 0 Å². The van der Waals surface area contributed by atoms with Crippen molar-refractivity contribution in [3.63, 3.8) is 0 Å². The molecule has 0 saturated heterocycles. The quantitative estimate of drug-likeness (QED) is 0.555. The van der Waals surface area contributed by atoms with Gasteiger partial charge < -0.3 is 0 Å². The Balaban J connectivity index is 2.71. The summed E-state index contributed by atoms with van der Waals surface area (Å²) >= 11 is 0. The van der Waals surface area contributed by atoms with E-state index in [2.05, 4.69) is 27.4 Å². The average molecular weight is 194 g/mol. The first-order valence-corrected chi connectivity index (χ1v) is 6.25. The Morgan fingerprint density at radius 1 is 1.29 bits per heavy atom. The first-order chi connectivity index (χ1) is 6.60. The van der Waals surface area contributed by atoms with E-state index in [1.165, 1.54) is 50.5 Å². The second-order valence-electron chi connectivity index (χ2n) is 5.37. The zero-order chi connectivity index (χ0) is 10.6. The van der Waals surface area contributed by atoms with E-state index in [0.717, 1.165) is 5.92 Å². The van der Waals surface area contributed by atoms with Gasteiger partial charge in [0.15, 0.2) is 0 Å². The fourth-order valence-corrected chi connectivity index (χ4v) is 3.13. The topological polar surface area (TPSA) is 0 Å². The molecular weight excluding hydrogens is 168 g/mol. The molecule has 14 heavy (non-hydrogen) atoms. The lowest BCUT2D eigenvalue weighted by Gasteiger charge is -2.42. The Bertz CT molecular complexity index is 184. The minimum atomic E-state index is 0.610. The second-order valence-corrected chi connectivity index (χ2v) is 5.37. The lowest BCUT2D eigenvalue weighted by atomic mass is 9.63. The zero-order valence-electron chi connectivity index (χ0n) is 10.2. The van der Waals surface area contributed by atoms with E-state index in [4.69, 9.17) is 0 Å². The molecule has 1 unspecified atom stereocenters. The van der Waals surface area contributed by atoms with E-state index in [0.29, 0.717) is 5.41 Å². The normalized spacial score (nSPS) is 23.1. The molecule has 0 aromatic carbocycles. The summed E-state index contributed by atoms with van der Waals surface area (Å²) in [6.45, 7) is 11.1. The van der Waals surface area contributed by atoms with Crippen molar-refractivity contribution in [1.29, 1.82) is 0 Å². The largest absolute Gasteiger partial charge is 0.100 e. The number of allylic oxidation sites excluding steroid dienone is 1. The first-order valence-electron chi connectivity index (χ1n) is 6.25. The summed E-state index contributed by atoms with van der Waals surface area (Å²) < 4.78 is 0. The van der Waals surface area contributed by atoms with Crippen molar-refractivity contribution in [2.45, 2.75) is 65.7 Å². The predicted octanol–water partition coefficient (Wildman–Crippen LogP) is 4.95. The van der Waals surface area contributed by atoms with Crippen molar-refractivity contribution in [1.82, 2.24) is 0 Å². The summed E-state index contributed by atoms with van der Waals surface area (Å²) in [5.41, 5.74) is 1.99. The molecule has 1 aliphatic carbocycles. The fraction of sp³-hybridized carbons (Fsp3) is 0.857. The highest BCUT2D eigenvalue weighted by atomic mass is 14.4. The Hall–Kier alpha value is -0.260. The van der Waals surface area contributed by atoms with Gasteiger partial charge in [0.25, 0.3) is 0 Å². The lowest BCUT2D eigenvalue weighted by Crippen LogP contribution is -2.31. The zero-order valence-corrected chi connectivity index (χ0v) is 10.2. The molecule has 1 rings (SSSR count). The van der Waals surface area contributed by atoms with E-state index >= 15 is 0 Å². The van der Waals surface area contributed by atoms with Gasteiger partial charge >= 0.3 is 0 Å². The molecule has 0 amide bonds. The molecule has 1 atom stereocenters. The molecule has 1 saturated carbocycles. The number of rotatable bonds is 4. The average Bonchev–Trinajstić information content (AvgIpc) is 2.17. The summed E-state index contributed by atoms with van der Waals surface area (Å²) in [5.74, 6) is 0.875. The summed E-state index contributed by atoms with van der Waals surface area (Å²) in [6, 6.07) is 0. The van der Waals surface area contributed by atoms with Gasteiger partial charge in [0.2, 0.25) is 0 Å². The first kappa shape index (κ1) is 11.8. The maximum atomic E-state index is 4.11. The van der Waals surface area contributed by atoms with Crippen LogP contribution >= 0.6 is 0 Å². The molecule has 0 heteroatoms. The van der Waals surface area contributed by atoms with Crippen molar-refractivity contribution >= 4 is 0 Å². The highest BCUT2D eigenvalue weighted by molar-refractivity contribution is 4.99. The smallest absolute Gasteiger partial charge is 0.0235 e. The third-order valence-electron chi connectivity index (χ3n) is 4.16. The standard InChI is InChI=1S/C14H26/c1-5-13(4)14(11-12(2)3)9-7-6-8-10-14/h13H,2,5-11H2,1,3-4H3. The molecule has 0 radical (unpaired) electrons. The Morgan fingerprint density at radius 2 is 1.86 bits per heavy atom. The van der Waals surface area contributed by atoms with Gasteiger partial charge in [0.1, 0.15) is 0 Å². The van der Waals surface area contributed by atoms with Crippen LogP contribution in [0.4, 0.5) is 0 Å². The summed E-state index contributed by atoms with van der Waals surface area (Å²) in [5, 5.41) is 0. The highest BCUT2D eigenvalue weighted by Gasteiger charge is 2.35. The van der Waals surface area contributed by atoms with E-state index in [-0.39, 0.29) is 0 Å². The minimum absolute atomic E-state index is 0.610. The Morgan fingerprint density at radius 3 is 2.29 bits per heavy atom. The molecular formula is C14H26. The Kier molecular flexibility index (Phi) is 4.22. The van der Waals surface area contributed by atoms with E-state index < -0.39 is 0 Å². The molecule has 0 bridgehead atoms. The maximum absolute atomic E-state index is 4.11. The third kappa shape index (κ3) is 2.62. The van der Waals surface area contributed by atoms with Crippen LogP contribution in [0.5, 0.6) is 0 Å². The highest BCUT2D eigenvalue weighted by Crippen LogP contribution is 2.47. The van der Waals surface area contributed by atoms with Gasteiger partial charge in [-0.25, -0.2) is 0 Å². The predicted molar refractivity (Wildman–Crippen MR) is 64.4 cm³/mol. The van der Waals surface area contributed by atoms with Crippen LogP contribution in [-0.2, 0) is 0 Å². The summed E-state index contributed by atoms with van der Waals surface area (Å²) in [4.78, 5) is 0. The van der Waals surface area contributed by atoms with Crippen LogP contribution in [-0.4, -0.2) is 0 Å². The van der Waals surface area contributed by atoms with Crippen molar-refractivity contribution in [2.75, 3.05) is 0 Å². The van der Waals surface area contributed by atoms with Crippen LogP contribution in [0.3, 0.4) is 0 Å². The number of hydrogen-bond donors (Lipinski definition) is 0. The molecule has 0 nitrogen and oxygen atoms in total. The molecule has 0 aliphatic heterocycles. The summed E-state index contributed by atoms with van der Waals surface area (Å²) in [6.07, 6.45) is 9.81. The molecule has 1 aliphatic rings. The SMILES string of the molecule is C=C(C)CC1(C(C)CC)CCCCC1. The van der Waals surface area contributed by atoms with Gasteiger partial charge in [0, 0.05) is 0 Å². The van der Waals surface area contributed by atoms with Crippen LogP contribution in [0.2, 0.25) is 0 Å². The molecule has 1 fully saturated rings. The van der Waals surface area contributed by atoms with Crippen molar-refractivity contribution in [3.05, 3.63) is 12.2 Å². The molecule has 0 N–H and O–H groups in total. The van der Waals surface area contributed by atoms with Crippen LogP contribution in [0.15, 0.2) is 12.2 Å². The van der Waals surface area contributed by atoms with Gasteiger partial charge in [-0.15, -0.1) is 6.58 Å². The fourth-order valence-electron chi connectivity index (χ4n) is 3.13. The van der Waals surface area contributed by atoms with E-state index in [1.807, 2.05) is 0 Å². The number of hydrogen-bond acceptors (Lipinski definition) is 0. The van der Waals surface area contributed by atoms with Gasteiger partial charge in [-0.05, 0) is 37.5 Å². The van der Waals surface area contributed by atoms with Crippen LogP contribution in [0.25, 0.3) is 0 Å². The molecule has 0 aromatic rings. The van der Waals surface area contributed by atoms with Crippen LogP contribution in [0, 0.1) is 11.3 Å². The van der Waals surface area contributed by atoms with Crippen molar-refractivity contribution in [2.24, 2.45) is 11.3 Å². The third-order valence-corrected chi connectivity index (χ3v) is 4.16. The van der Waals surface area contributed by atoms with Crippen LogP contribution < -0.4 is 0 Å². The lowest BCUT2D eigenvalue weighted by molar-refractivity contribution is 0.103. The van der Waals surface area contributed by atoms with Crippen molar-refractivity contribution in [3.8, 4) is 0 Å². The molecule has 0 aromatic heterocycles. The maximum Gasteiger partial charge on any atom is -0.0235 e. The molecule has 82 valence electrons. The minimum Gasteiger partial charge on any atom is -0.100 e. The summed E-state index contributed by atoms with van der Waals surface area (Å²) in [7, 11) is 0. The van der Waals surface area contributed by atoms with Gasteiger partial charge in [-0.3, -0.25) is 0 Å². The Labute approximate surface area is 89.8 Å². The van der Waals surface area contributed by atoms with Gasteiger partial charge in [0.05, 0.1) is 0 Å². The second kappa shape index (κ2) is 5.00. The van der Waals surface area contributed by atoms with Crippen LogP contribution in [0.1, 0.15) is 65.7 Å². The monoisotopic (exact) mass is 194 g/mol. The van der Waals surface area contributed by atoms with Gasteiger partial charge in [-0.1, -0.05) is 45.1 Å². The molecule has 0 spiro atoms. The van der Waals surface area contributed by atoms with E-state index in [9.17, 15) is 0 Å².